The van der Waals surface area contributed by atoms with Gasteiger partial charge in [-0.25, -0.2) is 4.98 Å². The van der Waals surface area contributed by atoms with Gasteiger partial charge in [-0.05, 0) is 18.2 Å². The summed E-state index contributed by atoms with van der Waals surface area (Å²) in [7, 11) is 0. The molecule has 1 saturated heterocycles. The predicted octanol–water partition coefficient (Wildman–Crippen LogP) is 1.92. The van der Waals surface area contributed by atoms with E-state index < -0.39 is 0 Å². The molecule has 2 aromatic rings. The third-order valence-corrected chi connectivity index (χ3v) is 3.71. The van der Waals surface area contributed by atoms with Crippen LogP contribution in [-0.4, -0.2) is 35.0 Å². The molecular formula is C14H11N3O2S. The molecule has 1 aliphatic rings. The topological polar surface area (TPSA) is 66.2 Å². The van der Waals surface area contributed by atoms with Gasteiger partial charge in [-0.2, -0.15) is 5.26 Å². The lowest BCUT2D eigenvalue weighted by molar-refractivity contribution is 0.0177. The van der Waals surface area contributed by atoms with E-state index in [1.54, 1.807) is 35.4 Å². The maximum Gasteiger partial charge on any atom is 0.273 e. The number of hydrogen-bond acceptors (Lipinski definition) is 5. The normalized spacial score (nSPS) is 14.4. The van der Waals surface area contributed by atoms with Crippen molar-refractivity contribution in [1.29, 1.82) is 5.26 Å². The fourth-order valence-corrected chi connectivity index (χ4v) is 2.55. The predicted molar refractivity (Wildman–Crippen MR) is 73.6 cm³/mol. The highest BCUT2D eigenvalue weighted by Crippen LogP contribution is 2.21. The van der Waals surface area contributed by atoms with Gasteiger partial charge in [0.25, 0.3) is 11.1 Å². The molecule has 0 aliphatic carbocycles. The van der Waals surface area contributed by atoms with E-state index in [1.165, 1.54) is 11.3 Å². The van der Waals surface area contributed by atoms with Crippen LogP contribution in [-0.2, 0) is 0 Å². The highest BCUT2D eigenvalue weighted by molar-refractivity contribution is 7.11. The molecule has 1 aromatic heterocycles. The number of hydrogen-bond donors (Lipinski definition) is 0. The van der Waals surface area contributed by atoms with Crippen molar-refractivity contribution < 1.29 is 9.53 Å². The number of thiazole rings is 1. The Morgan fingerprint density at radius 2 is 2.35 bits per heavy atom. The molecule has 5 nitrogen and oxygen atoms in total. The van der Waals surface area contributed by atoms with Crippen LogP contribution in [0.1, 0.15) is 15.9 Å². The summed E-state index contributed by atoms with van der Waals surface area (Å²) in [6.45, 7) is 1.10. The summed E-state index contributed by atoms with van der Waals surface area (Å²) in [6, 6.07) is 8.76. The van der Waals surface area contributed by atoms with E-state index >= 15 is 0 Å². The molecular weight excluding hydrogens is 274 g/mol. The van der Waals surface area contributed by atoms with Crippen LogP contribution in [0.3, 0.4) is 0 Å². The van der Waals surface area contributed by atoms with Gasteiger partial charge in [-0.15, -0.1) is 0 Å². The number of aromatic nitrogens is 1. The highest BCUT2D eigenvalue weighted by Gasteiger charge is 2.33. The Hall–Kier alpha value is -2.39. The van der Waals surface area contributed by atoms with Crippen LogP contribution >= 0.6 is 11.3 Å². The van der Waals surface area contributed by atoms with E-state index in [-0.39, 0.29) is 12.0 Å². The standard InChI is InChI=1S/C14H11N3O2S/c15-7-10-2-1-3-11(6-10)13(18)17-8-12(9-17)19-14-16-4-5-20-14/h1-6,12H,8-9H2. The lowest BCUT2D eigenvalue weighted by Gasteiger charge is -2.38. The summed E-state index contributed by atoms with van der Waals surface area (Å²) in [5, 5.41) is 11.3. The summed E-state index contributed by atoms with van der Waals surface area (Å²) < 4.78 is 5.61. The Bertz CT molecular complexity index is 657. The van der Waals surface area contributed by atoms with Gasteiger partial charge < -0.3 is 9.64 Å². The molecule has 0 spiro atoms. The number of nitrogens with zero attached hydrogens (tertiary/aromatic N) is 3. The van der Waals surface area contributed by atoms with Crippen LogP contribution in [0, 0.1) is 11.3 Å². The van der Waals surface area contributed by atoms with Crippen molar-refractivity contribution in [3.63, 3.8) is 0 Å². The molecule has 0 unspecified atom stereocenters. The summed E-state index contributed by atoms with van der Waals surface area (Å²) >= 11 is 1.44. The zero-order valence-corrected chi connectivity index (χ0v) is 11.3. The first-order valence-electron chi connectivity index (χ1n) is 6.12. The maximum absolute atomic E-state index is 12.2. The first-order chi connectivity index (χ1) is 9.76. The number of carbonyl (C=O) groups excluding carboxylic acids is 1. The average molecular weight is 285 g/mol. The van der Waals surface area contributed by atoms with Gasteiger partial charge in [0.15, 0.2) is 0 Å². The monoisotopic (exact) mass is 285 g/mol. The van der Waals surface area contributed by atoms with E-state index in [4.69, 9.17) is 10.00 Å². The average Bonchev–Trinajstić information content (AvgIpc) is 2.95. The van der Waals surface area contributed by atoms with Gasteiger partial charge in [0, 0.05) is 17.1 Å². The number of carbonyl (C=O) groups is 1. The molecule has 20 heavy (non-hydrogen) atoms. The molecule has 0 atom stereocenters. The van der Waals surface area contributed by atoms with Crippen molar-refractivity contribution in [2.24, 2.45) is 0 Å². The van der Waals surface area contributed by atoms with E-state index in [0.29, 0.717) is 29.4 Å². The number of nitriles is 1. The second-order valence-electron chi connectivity index (χ2n) is 4.44. The van der Waals surface area contributed by atoms with Crippen molar-refractivity contribution in [3.05, 3.63) is 47.0 Å². The summed E-state index contributed by atoms with van der Waals surface area (Å²) in [5.74, 6) is -0.0684. The van der Waals surface area contributed by atoms with Gasteiger partial charge in [0.05, 0.1) is 24.7 Å². The zero-order chi connectivity index (χ0) is 13.9. The Labute approximate surface area is 120 Å². The molecule has 2 heterocycles. The third kappa shape index (κ3) is 2.49. The number of ether oxygens (including phenoxy) is 1. The maximum atomic E-state index is 12.2. The SMILES string of the molecule is N#Cc1cccc(C(=O)N2CC(Oc3nccs3)C2)c1. The van der Waals surface area contributed by atoms with E-state index in [1.807, 2.05) is 11.4 Å². The van der Waals surface area contributed by atoms with E-state index in [2.05, 4.69) is 4.98 Å². The fourth-order valence-electron chi connectivity index (χ4n) is 1.99. The summed E-state index contributed by atoms with van der Waals surface area (Å²) in [5.41, 5.74) is 1.03. The first kappa shape index (κ1) is 12.6. The van der Waals surface area contributed by atoms with Crippen LogP contribution in [0.15, 0.2) is 35.8 Å². The molecule has 1 fully saturated rings. The van der Waals surface area contributed by atoms with Gasteiger partial charge in [0.2, 0.25) is 0 Å². The molecule has 1 aliphatic heterocycles. The van der Waals surface area contributed by atoms with Crippen molar-refractivity contribution in [2.75, 3.05) is 13.1 Å². The Kier molecular flexibility index (Phi) is 3.35. The van der Waals surface area contributed by atoms with E-state index in [9.17, 15) is 4.79 Å². The number of amides is 1. The molecule has 0 radical (unpaired) electrons. The number of benzene rings is 1. The largest absolute Gasteiger partial charge is 0.463 e. The quantitative estimate of drug-likeness (QED) is 0.864. The Morgan fingerprint density at radius 3 is 3.05 bits per heavy atom. The molecule has 1 aromatic carbocycles. The minimum absolute atomic E-state index is 0.00393. The summed E-state index contributed by atoms with van der Waals surface area (Å²) in [6.07, 6.45) is 1.69. The van der Waals surface area contributed by atoms with E-state index in [0.717, 1.165) is 0 Å². The highest BCUT2D eigenvalue weighted by atomic mass is 32.1. The summed E-state index contributed by atoms with van der Waals surface area (Å²) in [4.78, 5) is 17.9. The molecule has 1 amide bonds. The van der Waals surface area contributed by atoms with Crippen molar-refractivity contribution in [3.8, 4) is 11.3 Å². The van der Waals surface area contributed by atoms with Crippen LogP contribution in [0.25, 0.3) is 0 Å². The zero-order valence-electron chi connectivity index (χ0n) is 10.5. The number of rotatable bonds is 3. The lowest BCUT2D eigenvalue weighted by atomic mass is 10.1. The second kappa shape index (κ2) is 5.31. The smallest absolute Gasteiger partial charge is 0.273 e. The number of likely N-dealkylation sites (tertiary alicyclic amines) is 1. The lowest BCUT2D eigenvalue weighted by Crippen LogP contribution is -2.56. The minimum atomic E-state index is -0.0684. The van der Waals surface area contributed by atoms with Gasteiger partial charge in [0.1, 0.15) is 6.10 Å². The van der Waals surface area contributed by atoms with Crippen LogP contribution in [0.5, 0.6) is 5.19 Å². The first-order valence-corrected chi connectivity index (χ1v) is 7.00. The van der Waals surface area contributed by atoms with Crippen molar-refractivity contribution in [1.82, 2.24) is 9.88 Å². The third-order valence-electron chi connectivity index (χ3n) is 3.05. The minimum Gasteiger partial charge on any atom is -0.463 e. The Balaban J connectivity index is 1.59. The van der Waals surface area contributed by atoms with Crippen molar-refractivity contribution in [2.45, 2.75) is 6.10 Å². The molecule has 100 valence electrons. The van der Waals surface area contributed by atoms with Gasteiger partial charge in [-0.1, -0.05) is 17.4 Å². The van der Waals surface area contributed by atoms with Crippen molar-refractivity contribution >= 4 is 17.2 Å². The van der Waals surface area contributed by atoms with Gasteiger partial charge in [-0.3, -0.25) is 4.79 Å². The molecule has 0 N–H and O–H groups in total. The fraction of sp³-hybridized carbons (Fsp3) is 0.214. The molecule has 3 rings (SSSR count). The Morgan fingerprint density at radius 1 is 1.50 bits per heavy atom. The molecule has 0 saturated carbocycles. The second-order valence-corrected chi connectivity index (χ2v) is 5.30. The molecule has 0 bridgehead atoms. The van der Waals surface area contributed by atoms with Crippen LogP contribution in [0.4, 0.5) is 0 Å². The molecule has 6 heteroatoms. The van der Waals surface area contributed by atoms with Gasteiger partial charge >= 0.3 is 0 Å². The van der Waals surface area contributed by atoms with Crippen LogP contribution < -0.4 is 4.74 Å². The van der Waals surface area contributed by atoms with Crippen LogP contribution in [0.2, 0.25) is 0 Å².